The Morgan fingerprint density at radius 2 is 1.12 bits per heavy atom. The molecule has 0 saturated carbocycles. The molecular formula is C51H32N4OS. The molecular weight excluding hydrogens is 717 g/mol. The molecule has 0 saturated heterocycles. The van der Waals surface area contributed by atoms with Crippen LogP contribution < -0.4 is 0 Å². The van der Waals surface area contributed by atoms with E-state index in [-0.39, 0.29) is 6.04 Å². The summed E-state index contributed by atoms with van der Waals surface area (Å²) in [6.45, 7) is 0. The molecule has 4 aromatic heterocycles. The van der Waals surface area contributed by atoms with Crippen LogP contribution in [-0.4, -0.2) is 19.5 Å². The van der Waals surface area contributed by atoms with Crippen molar-refractivity contribution in [3.63, 3.8) is 0 Å². The lowest BCUT2D eigenvalue weighted by molar-refractivity contribution is 0.499. The summed E-state index contributed by atoms with van der Waals surface area (Å²) < 4.78 is 11.7. The molecule has 12 rings (SSSR count). The van der Waals surface area contributed by atoms with E-state index in [9.17, 15) is 0 Å². The molecule has 11 aromatic rings. The average molecular weight is 749 g/mol. The molecule has 4 heterocycles. The first-order chi connectivity index (χ1) is 28.2. The highest BCUT2D eigenvalue weighted by molar-refractivity contribution is 7.26. The van der Waals surface area contributed by atoms with Gasteiger partial charge in [-0.25, -0.2) is 15.0 Å². The molecule has 0 bridgehead atoms. The number of allylic oxidation sites excluding steroid dienone is 1. The van der Waals surface area contributed by atoms with Crippen molar-refractivity contribution in [3.05, 3.63) is 181 Å². The van der Waals surface area contributed by atoms with Gasteiger partial charge in [-0.05, 0) is 53.6 Å². The van der Waals surface area contributed by atoms with Gasteiger partial charge in [-0.2, -0.15) is 0 Å². The van der Waals surface area contributed by atoms with E-state index in [1.54, 1.807) is 0 Å². The zero-order valence-electron chi connectivity index (χ0n) is 30.6. The van der Waals surface area contributed by atoms with E-state index >= 15 is 0 Å². The Bertz CT molecular complexity index is 3280. The number of aromatic nitrogens is 4. The van der Waals surface area contributed by atoms with Crippen molar-refractivity contribution >= 4 is 70.4 Å². The Labute approximate surface area is 331 Å². The van der Waals surface area contributed by atoms with Crippen LogP contribution in [0, 0.1) is 0 Å². The van der Waals surface area contributed by atoms with Gasteiger partial charge in [0.2, 0.25) is 0 Å². The highest BCUT2D eigenvalue weighted by Gasteiger charge is 2.25. The van der Waals surface area contributed by atoms with Crippen molar-refractivity contribution < 1.29 is 4.42 Å². The van der Waals surface area contributed by atoms with Gasteiger partial charge in [0.15, 0.2) is 17.5 Å². The number of hydrogen-bond donors (Lipinski definition) is 0. The van der Waals surface area contributed by atoms with Gasteiger partial charge < -0.3 is 8.98 Å². The number of hydrogen-bond acceptors (Lipinski definition) is 5. The first kappa shape index (κ1) is 32.1. The second kappa shape index (κ2) is 12.7. The molecule has 5 nitrogen and oxygen atoms in total. The van der Waals surface area contributed by atoms with Crippen LogP contribution in [-0.2, 0) is 6.42 Å². The van der Waals surface area contributed by atoms with E-state index in [2.05, 4.69) is 120 Å². The van der Waals surface area contributed by atoms with E-state index in [1.807, 2.05) is 72.0 Å². The molecule has 7 aromatic carbocycles. The molecule has 0 spiro atoms. The van der Waals surface area contributed by atoms with E-state index in [0.717, 1.165) is 45.4 Å². The van der Waals surface area contributed by atoms with Gasteiger partial charge in [0.25, 0.3) is 0 Å². The zero-order chi connectivity index (χ0) is 37.5. The molecule has 1 aliphatic carbocycles. The van der Waals surface area contributed by atoms with Crippen LogP contribution >= 0.6 is 11.3 Å². The predicted molar refractivity (Wildman–Crippen MR) is 235 cm³/mol. The van der Waals surface area contributed by atoms with Crippen LogP contribution in [0.2, 0.25) is 0 Å². The minimum atomic E-state index is 0.159. The Morgan fingerprint density at radius 1 is 0.509 bits per heavy atom. The summed E-state index contributed by atoms with van der Waals surface area (Å²) in [5, 5.41) is 6.13. The van der Waals surface area contributed by atoms with Crippen LogP contribution in [0.3, 0.4) is 0 Å². The molecule has 0 amide bonds. The van der Waals surface area contributed by atoms with Gasteiger partial charge in [0.1, 0.15) is 11.3 Å². The third-order valence-corrected chi connectivity index (χ3v) is 12.6. The molecule has 57 heavy (non-hydrogen) atoms. The molecule has 0 N–H and O–H groups in total. The first-order valence-corrected chi connectivity index (χ1v) is 20.1. The van der Waals surface area contributed by atoms with Crippen LogP contribution in [0.4, 0.5) is 0 Å². The summed E-state index contributed by atoms with van der Waals surface area (Å²) in [6, 6.07) is 57.7. The zero-order valence-corrected chi connectivity index (χ0v) is 31.4. The molecule has 0 fully saturated rings. The van der Waals surface area contributed by atoms with Crippen LogP contribution in [0.1, 0.15) is 17.4 Å². The fourth-order valence-corrected chi connectivity index (χ4v) is 9.94. The van der Waals surface area contributed by atoms with Gasteiger partial charge >= 0.3 is 0 Å². The number of para-hydroxylation sites is 2. The maximum Gasteiger partial charge on any atom is 0.164 e. The predicted octanol–water partition coefficient (Wildman–Crippen LogP) is 13.6. The fraction of sp³-hybridized carbons (Fsp3) is 0.0392. The summed E-state index contributed by atoms with van der Waals surface area (Å²) in [4.78, 5) is 14.9. The number of fused-ring (bicyclic) bond motifs is 9. The molecule has 268 valence electrons. The molecule has 1 aliphatic rings. The van der Waals surface area contributed by atoms with Crippen LogP contribution in [0.5, 0.6) is 0 Å². The fourth-order valence-electron chi connectivity index (χ4n) is 8.72. The van der Waals surface area contributed by atoms with Crippen LogP contribution in [0.15, 0.2) is 174 Å². The quantitative estimate of drug-likeness (QED) is 0.176. The molecule has 6 heteroatoms. The number of furan rings is 1. The Morgan fingerprint density at radius 3 is 1.82 bits per heavy atom. The number of benzene rings is 7. The standard InChI is InChI=1S/C51H32N4OS/c1-3-12-31(13-4-1)49-52-50(32-14-5-2-6-15-32)54-51(53-49)34-23-27-47-42(28-34)41-19-11-18-36(48(41)57-47)33-22-25-39-40-26-24-35(30-46(40)56-45(39)29-33)55-43-20-9-7-16-37(43)38-17-8-10-21-44(38)55/h1-29,35H,30H2. The van der Waals surface area contributed by atoms with Crippen molar-refractivity contribution in [1.82, 2.24) is 19.5 Å². The Hall–Kier alpha value is -7.15. The lowest BCUT2D eigenvalue weighted by atomic mass is 9.97. The number of thiophene rings is 1. The third-order valence-electron chi connectivity index (χ3n) is 11.4. The van der Waals surface area contributed by atoms with E-state index < -0.39 is 0 Å². The summed E-state index contributed by atoms with van der Waals surface area (Å²) in [6.07, 6.45) is 5.41. The topological polar surface area (TPSA) is 56.7 Å². The molecule has 0 aliphatic heterocycles. The van der Waals surface area contributed by atoms with Crippen molar-refractivity contribution in [3.8, 4) is 45.3 Å². The summed E-state index contributed by atoms with van der Waals surface area (Å²) in [5.74, 6) is 3.00. The lowest BCUT2D eigenvalue weighted by Gasteiger charge is -2.20. The van der Waals surface area contributed by atoms with Crippen molar-refractivity contribution in [2.75, 3.05) is 0 Å². The van der Waals surface area contributed by atoms with E-state index in [1.165, 1.54) is 53.1 Å². The lowest BCUT2D eigenvalue weighted by Crippen LogP contribution is -2.12. The minimum absolute atomic E-state index is 0.159. The normalized spacial score (nSPS) is 14.0. The molecule has 1 unspecified atom stereocenters. The molecule has 1 atom stereocenters. The van der Waals surface area contributed by atoms with Gasteiger partial charge in [0.05, 0.1) is 6.04 Å². The van der Waals surface area contributed by atoms with Crippen molar-refractivity contribution in [2.45, 2.75) is 12.5 Å². The molecule has 0 radical (unpaired) electrons. The highest BCUT2D eigenvalue weighted by atomic mass is 32.1. The summed E-state index contributed by atoms with van der Waals surface area (Å²) in [7, 11) is 0. The van der Waals surface area contributed by atoms with Gasteiger partial charge in [-0.15, -0.1) is 11.3 Å². The largest absolute Gasteiger partial charge is 0.460 e. The SMILES string of the molecule is C1=CC(n2c3ccccc3c3ccccc32)Cc2oc3cc(-c4cccc5c4sc4ccc(-c6nc(-c7ccccc7)nc(-c7ccccc7)n6)cc45)ccc3c21. The Kier molecular flexibility index (Phi) is 7.16. The summed E-state index contributed by atoms with van der Waals surface area (Å²) in [5.41, 5.74) is 9.82. The second-order valence-corrected chi connectivity index (χ2v) is 15.8. The average Bonchev–Trinajstić information content (AvgIpc) is 3.95. The monoisotopic (exact) mass is 748 g/mol. The third kappa shape index (κ3) is 5.18. The van der Waals surface area contributed by atoms with Gasteiger partial charge in [-0.1, -0.05) is 133 Å². The minimum Gasteiger partial charge on any atom is -0.460 e. The first-order valence-electron chi connectivity index (χ1n) is 19.3. The van der Waals surface area contributed by atoms with Crippen molar-refractivity contribution in [1.29, 1.82) is 0 Å². The van der Waals surface area contributed by atoms with Crippen molar-refractivity contribution in [2.24, 2.45) is 0 Å². The van der Waals surface area contributed by atoms with E-state index in [4.69, 9.17) is 19.4 Å². The highest BCUT2D eigenvalue weighted by Crippen LogP contribution is 2.44. The van der Waals surface area contributed by atoms with E-state index in [0.29, 0.717) is 17.5 Å². The van der Waals surface area contributed by atoms with Crippen LogP contribution in [0.25, 0.3) is 104 Å². The second-order valence-electron chi connectivity index (χ2n) is 14.7. The maximum absolute atomic E-state index is 6.74. The summed E-state index contributed by atoms with van der Waals surface area (Å²) >= 11 is 1.82. The van der Waals surface area contributed by atoms with Gasteiger partial charge in [-0.3, -0.25) is 0 Å². The number of rotatable bonds is 5. The Balaban J connectivity index is 0.924. The van der Waals surface area contributed by atoms with Gasteiger partial charge in [0, 0.05) is 76.0 Å². The smallest absolute Gasteiger partial charge is 0.164 e. The number of nitrogens with zero attached hydrogens (tertiary/aromatic N) is 4. The maximum atomic E-state index is 6.74.